The second kappa shape index (κ2) is 1.20. The van der Waals surface area contributed by atoms with Crippen LogP contribution in [0.2, 0.25) is 0 Å². The summed E-state index contributed by atoms with van der Waals surface area (Å²) >= 11 is 0. The molecule has 0 bridgehead atoms. The highest BCUT2D eigenvalue weighted by molar-refractivity contribution is 4.67. The third-order valence-corrected chi connectivity index (χ3v) is 1.78. The van der Waals surface area contributed by atoms with E-state index in [4.69, 9.17) is 0 Å². The van der Waals surface area contributed by atoms with Crippen molar-refractivity contribution >= 4 is 0 Å². The van der Waals surface area contributed by atoms with Crippen LogP contribution in [0.5, 0.6) is 0 Å². The molecule has 0 aliphatic carbocycles. The van der Waals surface area contributed by atoms with Crippen molar-refractivity contribution in [1.82, 2.24) is 0 Å². The van der Waals surface area contributed by atoms with Gasteiger partial charge in [-0.25, -0.2) is 0 Å². The number of quaternary nitrogens is 1. The van der Waals surface area contributed by atoms with Gasteiger partial charge in [0.25, 0.3) is 0 Å². The van der Waals surface area contributed by atoms with Crippen LogP contribution in [0.3, 0.4) is 0 Å². The molecule has 0 aromatic carbocycles. The maximum absolute atomic E-state index is 10.9. The van der Waals surface area contributed by atoms with Gasteiger partial charge in [0.05, 0.1) is 6.54 Å². The summed E-state index contributed by atoms with van der Waals surface area (Å²) in [5.41, 5.74) is 0. The second-order valence-corrected chi connectivity index (χ2v) is 2.30. The van der Waals surface area contributed by atoms with Crippen molar-refractivity contribution in [2.24, 2.45) is 0 Å². The highest BCUT2D eigenvalue weighted by Crippen LogP contribution is 2.26. The smallest absolute Gasteiger partial charge is 0.136 e. The molecule has 0 aromatic heterocycles. The van der Waals surface area contributed by atoms with Gasteiger partial charge in [0.1, 0.15) is 12.6 Å². The number of hydrogen-bond donors (Lipinski definition) is 0. The van der Waals surface area contributed by atoms with Crippen molar-refractivity contribution in [3.05, 3.63) is 5.21 Å². The molecule has 1 heterocycles. The normalized spacial score (nSPS) is 49.3. The summed E-state index contributed by atoms with van der Waals surface area (Å²) in [4.78, 5) is 0. The second-order valence-electron chi connectivity index (χ2n) is 2.30. The lowest BCUT2D eigenvalue weighted by Gasteiger charge is -2.19. The molecule has 0 amide bonds. The zero-order valence-electron chi connectivity index (χ0n) is 4.85. The van der Waals surface area contributed by atoms with Crippen LogP contribution in [0, 0.1) is 5.21 Å². The molecule has 7 heavy (non-hydrogen) atoms. The predicted octanol–water partition coefficient (Wildman–Crippen LogP) is 0.723. The molecule has 42 valence electrons. The SMILES string of the molecule is CC[N+]1([O-])CC1C. The van der Waals surface area contributed by atoms with Crippen molar-refractivity contribution < 1.29 is 4.65 Å². The Kier molecular flexibility index (Phi) is 0.869. The fraction of sp³-hybridized carbons (Fsp3) is 1.00. The fourth-order valence-corrected chi connectivity index (χ4v) is 0.841. The average Bonchev–Trinajstić information content (AvgIpc) is 2.18. The maximum Gasteiger partial charge on any atom is 0.136 e. The van der Waals surface area contributed by atoms with Crippen LogP contribution in [-0.4, -0.2) is 23.8 Å². The molecule has 1 aliphatic rings. The van der Waals surface area contributed by atoms with E-state index in [1.165, 1.54) is 0 Å². The zero-order valence-corrected chi connectivity index (χ0v) is 4.85. The monoisotopic (exact) mass is 101 g/mol. The zero-order chi connectivity index (χ0) is 5.49. The standard InChI is InChI=1S/C5H11NO/c1-3-6(7)4-5(6)2/h5H,3-4H2,1-2H3. The molecule has 2 atom stereocenters. The van der Waals surface area contributed by atoms with Crippen molar-refractivity contribution in [2.75, 3.05) is 13.1 Å². The van der Waals surface area contributed by atoms with Gasteiger partial charge in [-0.3, -0.25) is 0 Å². The van der Waals surface area contributed by atoms with Gasteiger partial charge in [-0.15, -0.1) is 0 Å². The number of rotatable bonds is 1. The van der Waals surface area contributed by atoms with E-state index in [2.05, 4.69) is 0 Å². The molecule has 0 radical (unpaired) electrons. The Labute approximate surface area is 43.9 Å². The van der Waals surface area contributed by atoms with Gasteiger partial charge in [0.15, 0.2) is 0 Å². The fourth-order valence-electron chi connectivity index (χ4n) is 0.841. The predicted molar refractivity (Wildman–Crippen MR) is 28.5 cm³/mol. The molecule has 0 spiro atoms. The minimum Gasteiger partial charge on any atom is -0.632 e. The van der Waals surface area contributed by atoms with Crippen LogP contribution in [0.1, 0.15) is 13.8 Å². The van der Waals surface area contributed by atoms with E-state index in [9.17, 15) is 5.21 Å². The molecule has 1 rings (SSSR count). The van der Waals surface area contributed by atoms with Crippen molar-refractivity contribution in [3.8, 4) is 0 Å². The third kappa shape index (κ3) is 0.640. The molecular weight excluding hydrogens is 90.1 g/mol. The van der Waals surface area contributed by atoms with E-state index in [0.29, 0.717) is 6.04 Å². The van der Waals surface area contributed by atoms with Crippen molar-refractivity contribution in [2.45, 2.75) is 19.9 Å². The minimum absolute atomic E-state index is 0.0556. The highest BCUT2D eigenvalue weighted by Gasteiger charge is 2.41. The molecule has 1 aliphatic heterocycles. The Morgan fingerprint density at radius 1 is 1.86 bits per heavy atom. The molecule has 2 nitrogen and oxygen atoms in total. The van der Waals surface area contributed by atoms with E-state index in [0.717, 1.165) is 13.1 Å². The van der Waals surface area contributed by atoms with Crippen LogP contribution in [0.15, 0.2) is 0 Å². The first-order valence-electron chi connectivity index (χ1n) is 2.77. The van der Waals surface area contributed by atoms with E-state index in [1.807, 2.05) is 13.8 Å². The summed E-state index contributed by atoms with van der Waals surface area (Å²) in [5.74, 6) is 0. The van der Waals surface area contributed by atoms with Gasteiger partial charge in [0.2, 0.25) is 0 Å². The van der Waals surface area contributed by atoms with Gasteiger partial charge < -0.3 is 9.85 Å². The Balaban J connectivity index is 2.36. The lowest BCUT2D eigenvalue weighted by Crippen LogP contribution is -2.18. The summed E-state index contributed by atoms with van der Waals surface area (Å²) in [6.07, 6.45) is 0. The number of hydroxylamine groups is 3. The van der Waals surface area contributed by atoms with Crippen LogP contribution in [0.25, 0.3) is 0 Å². The van der Waals surface area contributed by atoms with Crippen LogP contribution in [-0.2, 0) is 0 Å². The van der Waals surface area contributed by atoms with Crippen LogP contribution < -0.4 is 0 Å². The highest BCUT2D eigenvalue weighted by atomic mass is 16.6. The summed E-state index contributed by atoms with van der Waals surface area (Å²) in [5, 5.41) is 10.9. The number of hydrogen-bond acceptors (Lipinski definition) is 1. The number of likely N-dealkylation sites (N-methyl/N-ethyl adjacent to an activating group) is 1. The third-order valence-electron chi connectivity index (χ3n) is 1.78. The lowest BCUT2D eigenvalue weighted by molar-refractivity contribution is -0.755. The molecule has 0 saturated carbocycles. The molecule has 1 saturated heterocycles. The van der Waals surface area contributed by atoms with E-state index in [1.54, 1.807) is 0 Å². The quantitative estimate of drug-likeness (QED) is 0.271. The first-order chi connectivity index (χ1) is 3.19. The van der Waals surface area contributed by atoms with Gasteiger partial charge in [-0.2, -0.15) is 0 Å². The van der Waals surface area contributed by atoms with E-state index in [-0.39, 0.29) is 4.65 Å². The maximum atomic E-state index is 10.9. The Morgan fingerprint density at radius 2 is 2.29 bits per heavy atom. The Hall–Kier alpha value is -0.0800. The van der Waals surface area contributed by atoms with Gasteiger partial charge >= 0.3 is 0 Å². The summed E-state index contributed by atoms with van der Waals surface area (Å²) < 4.78 is 0.0556. The molecular formula is C5H11NO. The van der Waals surface area contributed by atoms with E-state index < -0.39 is 0 Å². The van der Waals surface area contributed by atoms with Crippen LogP contribution in [0.4, 0.5) is 0 Å². The van der Waals surface area contributed by atoms with Crippen LogP contribution >= 0.6 is 0 Å². The average molecular weight is 101 g/mol. The molecule has 1 fully saturated rings. The first kappa shape index (κ1) is 5.06. The first-order valence-corrected chi connectivity index (χ1v) is 2.77. The lowest BCUT2D eigenvalue weighted by atomic mass is 10.6. The Bertz CT molecular complexity index is 80.1. The summed E-state index contributed by atoms with van der Waals surface area (Å²) in [6.45, 7) is 5.53. The van der Waals surface area contributed by atoms with Crippen molar-refractivity contribution in [1.29, 1.82) is 0 Å². The van der Waals surface area contributed by atoms with E-state index >= 15 is 0 Å². The number of nitrogens with zero attached hydrogens (tertiary/aromatic N) is 1. The summed E-state index contributed by atoms with van der Waals surface area (Å²) in [6, 6.07) is 0.394. The molecule has 0 aromatic rings. The van der Waals surface area contributed by atoms with Gasteiger partial charge in [0, 0.05) is 0 Å². The molecule has 2 heteroatoms. The Morgan fingerprint density at radius 3 is 2.29 bits per heavy atom. The topological polar surface area (TPSA) is 23.1 Å². The molecule has 2 unspecified atom stereocenters. The van der Waals surface area contributed by atoms with Crippen molar-refractivity contribution in [3.63, 3.8) is 0 Å². The van der Waals surface area contributed by atoms with Gasteiger partial charge in [-0.05, 0) is 13.8 Å². The molecule has 0 N–H and O–H groups in total. The largest absolute Gasteiger partial charge is 0.632 e. The minimum atomic E-state index is 0.0556. The summed E-state index contributed by atoms with van der Waals surface area (Å²) in [7, 11) is 0. The van der Waals surface area contributed by atoms with Gasteiger partial charge in [-0.1, -0.05) is 0 Å².